The fourth-order valence-corrected chi connectivity index (χ4v) is 3.09. The second kappa shape index (κ2) is 5.26. The molecule has 4 heteroatoms. The molecule has 21 heavy (non-hydrogen) atoms. The van der Waals surface area contributed by atoms with E-state index in [0.717, 1.165) is 18.4 Å². The average Bonchev–Trinajstić information content (AvgIpc) is 3.26. The van der Waals surface area contributed by atoms with Crippen molar-refractivity contribution in [2.75, 3.05) is 5.73 Å². The predicted octanol–water partition coefficient (Wildman–Crippen LogP) is 4.01. The Morgan fingerprint density at radius 2 is 1.86 bits per heavy atom. The van der Waals surface area contributed by atoms with Crippen molar-refractivity contribution in [1.29, 1.82) is 0 Å². The number of benzene rings is 2. The van der Waals surface area contributed by atoms with Gasteiger partial charge >= 0.3 is 0 Å². The Morgan fingerprint density at radius 3 is 2.48 bits per heavy atom. The van der Waals surface area contributed by atoms with E-state index in [1.807, 2.05) is 24.3 Å². The Labute approximate surface area is 131 Å². The first-order valence-corrected chi connectivity index (χ1v) is 7.64. The van der Waals surface area contributed by atoms with Crippen LogP contribution in [0.1, 0.15) is 24.0 Å². The second-order valence-corrected chi connectivity index (χ2v) is 6.31. The Morgan fingerprint density at radius 1 is 1.19 bits per heavy atom. The summed E-state index contributed by atoms with van der Waals surface area (Å²) >= 11 is 3.22. The van der Waals surface area contributed by atoms with Crippen LogP contribution >= 0.6 is 15.9 Å². The summed E-state index contributed by atoms with van der Waals surface area (Å²) in [6.45, 7) is 0. The van der Waals surface area contributed by atoms with Gasteiger partial charge in [-0.1, -0.05) is 24.3 Å². The summed E-state index contributed by atoms with van der Waals surface area (Å²) in [4.78, 5) is 12.7. The van der Waals surface area contributed by atoms with Crippen LogP contribution in [0.25, 0.3) is 0 Å². The highest BCUT2D eigenvalue weighted by Crippen LogP contribution is 2.49. The fraction of sp³-hybridized carbons (Fsp3) is 0.235. The number of hydrogen-bond donors (Lipinski definition) is 1. The highest BCUT2D eigenvalue weighted by molar-refractivity contribution is 9.10. The number of nitrogens with two attached hydrogens (primary N) is 1. The Hall–Kier alpha value is -1.68. The van der Waals surface area contributed by atoms with Crippen molar-refractivity contribution >= 4 is 27.4 Å². The molecule has 108 valence electrons. The maximum absolute atomic E-state index is 13.5. The van der Waals surface area contributed by atoms with Gasteiger partial charge < -0.3 is 5.73 Å². The van der Waals surface area contributed by atoms with Gasteiger partial charge in [-0.25, -0.2) is 4.39 Å². The van der Waals surface area contributed by atoms with Crippen molar-refractivity contribution in [1.82, 2.24) is 0 Å². The maximum atomic E-state index is 13.5. The topological polar surface area (TPSA) is 43.1 Å². The van der Waals surface area contributed by atoms with Crippen molar-refractivity contribution in [3.05, 3.63) is 63.9 Å². The van der Waals surface area contributed by atoms with Crippen LogP contribution < -0.4 is 5.73 Å². The third-order valence-electron chi connectivity index (χ3n) is 4.13. The number of carbonyl (C=O) groups is 1. The molecule has 0 amide bonds. The van der Waals surface area contributed by atoms with Crippen LogP contribution in [0.4, 0.5) is 10.1 Å². The van der Waals surface area contributed by atoms with E-state index in [4.69, 9.17) is 5.73 Å². The quantitative estimate of drug-likeness (QED) is 0.849. The van der Waals surface area contributed by atoms with Crippen LogP contribution in [0.2, 0.25) is 0 Å². The number of anilines is 1. The largest absolute Gasteiger partial charge is 0.399 e. The Bertz CT molecular complexity index is 692. The summed E-state index contributed by atoms with van der Waals surface area (Å²) in [5.41, 5.74) is 7.68. The predicted molar refractivity (Wildman–Crippen MR) is 84.6 cm³/mol. The first kappa shape index (κ1) is 14.3. The SMILES string of the molecule is Nc1ccc(C2(C(=O)Cc3cccc(F)c3Br)CC2)cc1. The Balaban J connectivity index is 1.85. The zero-order chi connectivity index (χ0) is 15.0. The number of ketones is 1. The number of rotatable bonds is 4. The molecule has 0 saturated heterocycles. The summed E-state index contributed by atoms with van der Waals surface area (Å²) in [5.74, 6) is -0.198. The average molecular weight is 348 g/mol. The summed E-state index contributed by atoms with van der Waals surface area (Å²) in [7, 11) is 0. The third kappa shape index (κ3) is 2.60. The maximum Gasteiger partial charge on any atom is 0.147 e. The van der Waals surface area contributed by atoms with Crippen molar-refractivity contribution in [3.63, 3.8) is 0 Å². The molecule has 1 aliphatic rings. The summed E-state index contributed by atoms with van der Waals surface area (Å²) < 4.78 is 13.9. The monoisotopic (exact) mass is 347 g/mol. The van der Waals surface area contributed by atoms with Crippen molar-refractivity contribution in [2.24, 2.45) is 0 Å². The molecule has 0 unspecified atom stereocenters. The van der Waals surface area contributed by atoms with Gasteiger partial charge in [-0.15, -0.1) is 0 Å². The molecule has 0 aliphatic heterocycles. The molecule has 1 aliphatic carbocycles. The number of carbonyl (C=O) groups excluding carboxylic acids is 1. The van der Waals surface area contributed by atoms with E-state index in [9.17, 15) is 9.18 Å². The van der Waals surface area contributed by atoms with Crippen LogP contribution in [0.15, 0.2) is 46.9 Å². The van der Waals surface area contributed by atoms with Crippen LogP contribution in [0.5, 0.6) is 0 Å². The lowest BCUT2D eigenvalue weighted by Gasteiger charge is -2.15. The summed E-state index contributed by atoms with van der Waals surface area (Å²) in [6.07, 6.45) is 1.94. The number of Topliss-reactive ketones (excluding diaryl/α,β-unsaturated/α-hetero) is 1. The van der Waals surface area contributed by atoms with E-state index in [1.54, 1.807) is 12.1 Å². The first-order chi connectivity index (χ1) is 10.0. The van der Waals surface area contributed by atoms with Gasteiger partial charge in [0.25, 0.3) is 0 Å². The molecular weight excluding hydrogens is 333 g/mol. The normalized spacial score (nSPS) is 15.7. The fourth-order valence-electron chi connectivity index (χ4n) is 2.68. The standard InChI is InChI=1S/C17H15BrFNO/c18-16-11(2-1-3-14(16)19)10-15(21)17(8-9-17)12-4-6-13(20)7-5-12/h1-7H,8-10,20H2. The molecule has 0 bridgehead atoms. The zero-order valence-corrected chi connectivity index (χ0v) is 13.0. The summed E-state index contributed by atoms with van der Waals surface area (Å²) in [5, 5.41) is 0. The number of nitrogen functional groups attached to an aromatic ring is 1. The molecule has 3 rings (SSSR count). The molecule has 2 nitrogen and oxygen atoms in total. The lowest BCUT2D eigenvalue weighted by atomic mass is 9.88. The minimum absolute atomic E-state index is 0.138. The molecule has 0 aromatic heterocycles. The highest BCUT2D eigenvalue weighted by atomic mass is 79.9. The molecule has 2 N–H and O–H groups in total. The van der Waals surface area contributed by atoms with E-state index in [1.165, 1.54) is 6.07 Å². The van der Waals surface area contributed by atoms with E-state index < -0.39 is 5.41 Å². The van der Waals surface area contributed by atoms with Crippen molar-refractivity contribution < 1.29 is 9.18 Å². The van der Waals surface area contributed by atoms with Gasteiger partial charge in [-0.05, 0) is 58.1 Å². The van der Waals surface area contributed by atoms with E-state index >= 15 is 0 Å². The van der Waals surface area contributed by atoms with E-state index in [2.05, 4.69) is 15.9 Å². The molecule has 0 atom stereocenters. The van der Waals surface area contributed by atoms with Gasteiger partial charge in [0.1, 0.15) is 11.6 Å². The van der Waals surface area contributed by atoms with Gasteiger partial charge in [-0.2, -0.15) is 0 Å². The van der Waals surface area contributed by atoms with Gasteiger partial charge in [0.15, 0.2) is 0 Å². The molecule has 1 fully saturated rings. The lowest BCUT2D eigenvalue weighted by Crippen LogP contribution is -2.22. The highest BCUT2D eigenvalue weighted by Gasteiger charge is 2.50. The van der Waals surface area contributed by atoms with E-state index in [-0.39, 0.29) is 18.0 Å². The number of halogens is 2. The van der Waals surface area contributed by atoms with Crippen LogP contribution in [0.3, 0.4) is 0 Å². The first-order valence-electron chi connectivity index (χ1n) is 6.85. The smallest absolute Gasteiger partial charge is 0.147 e. The van der Waals surface area contributed by atoms with Crippen molar-refractivity contribution in [2.45, 2.75) is 24.7 Å². The molecule has 2 aromatic carbocycles. The second-order valence-electron chi connectivity index (χ2n) is 5.52. The van der Waals surface area contributed by atoms with Crippen molar-refractivity contribution in [3.8, 4) is 0 Å². The minimum atomic E-state index is -0.403. The van der Waals surface area contributed by atoms with E-state index in [0.29, 0.717) is 15.7 Å². The molecule has 0 radical (unpaired) electrons. The minimum Gasteiger partial charge on any atom is -0.399 e. The Kier molecular flexibility index (Phi) is 3.57. The molecule has 0 heterocycles. The van der Waals surface area contributed by atoms with Crippen LogP contribution in [-0.2, 0) is 16.6 Å². The van der Waals surface area contributed by atoms with Gasteiger partial charge in [0.2, 0.25) is 0 Å². The van der Waals surface area contributed by atoms with Gasteiger partial charge in [0.05, 0.1) is 9.89 Å². The molecule has 0 spiro atoms. The molecule has 2 aromatic rings. The number of hydrogen-bond acceptors (Lipinski definition) is 2. The van der Waals surface area contributed by atoms with Gasteiger partial charge in [0, 0.05) is 12.1 Å². The summed E-state index contributed by atoms with van der Waals surface area (Å²) in [6, 6.07) is 12.3. The third-order valence-corrected chi connectivity index (χ3v) is 5.02. The zero-order valence-electron chi connectivity index (χ0n) is 11.4. The van der Waals surface area contributed by atoms with Crippen LogP contribution in [-0.4, -0.2) is 5.78 Å². The van der Waals surface area contributed by atoms with Gasteiger partial charge in [-0.3, -0.25) is 4.79 Å². The van der Waals surface area contributed by atoms with Crippen LogP contribution in [0, 0.1) is 5.82 Å². The molecule has 1 saturated carbocycles. The molecular formula is C17H15BrFNO. The lowest BCUT2D eigenvalue weighted by molar-refractivity contribution is -0.120.